The van der Waals surface area contributed by atoms with E-state index in [4.69, 9.17) is 17.3 Å². The topological polar surface area (TPSA) is 71.2 Å². The Morgan fingerprint density at radius 2 is 2.05 bits per heavy atom. The van der Waals surface area contributed by atoms with Gasteiger partial charge in [-0.25, -0.2) is 9.99 Å². The molecule has 0 aromatic carbocycles. The summed E-state index contributed by atoms with van der Waals surface area (Å²) in [4.78, 5) is 16.2. The Hall–Kier alpha value is -1.33. The second-order valence-corrected chi connectivity index (χ2v) is 5.45. The molecule has 1 aliphatic rings. The molecule has 0 saturated carbocycles. The fraction of sp³-hybridized carbons (Fsp3) is 0.538. The summed E-state index contributed by atoms with van der Waals surface area (Å²) in [5.74, 6) is -0.0211. The van der Waals surface area contributed by atoms with Crippen LogP contribution in [0.4, 0.5) is 5.82 Å². The zero-order chi connectivity index (χ0) is 14.0. The second kappa shape index (κ2) is 5.75. The number of halogens is 1. The van der Waals surface area contributed by atoms with Crippen molar-refractivity contribution >= 4 is 23.3 Å². The highest BCUT2D eigenvalue weighted by atomic mass is 35.5. The second-order valence-electron chi connectivity index (χ2n) is 5.04. The van der Waals surface area contributed by atoms with Gasteiger partial charge in [0.1, 0.15) is 5.82 Å². The van der Waals surface area contributed by atoms with Crippen molar-refractivity contribution in [2.75, 3.05) is 5.73 Å². The maximum atomic E-state index is 12.2. The van der Waals surface area contributed by atoms with E-state index in [2.05, 4.69) is 24.3 Å². The monoisotopic (exact) mass is 282 g/mol. The number of amides is 1. The molecule has 1 fully saturated rings. The average molecular weight is 283 g/mol. The molecule has 5 nitrogen and oxygen atoms in total. The van der Waals surface area contributed by atoms with Gasteiger partial charge in [-0.05, 0) is 38.8 Å². The fourth-order valence-electron chi connectivity index (χ4n) is 2.43. The Morgan fingerprint density at radius 3 is 2.68 bits per heavy atom. The number of carbonyl (C=O) groups is 1. The standard InChI is InChI=1S/C13H19ClN4O/c1-8-4-3-5-9(2)18(8)17-13(19)12-10(14)6-7-11(15)16-12/h6-9H,3-5H2,1-2H3,(H2,15,16)(H,17,19). The number of hydrazine groups is 1. The highest BCUT2D eigenvalue weighted by molar-refractivity contribution is 6.33. The van der Waals surface area contributed by atoms with Crippen LogP contribution in [0.25, 0.3) is 0 Å². The third-order valence-electron chi connectivity index (χ3n) is 3.51. The van der Waals surface area contributed by atoms with Gasteiger partial charge in [0.15, 0.2) is 5.69 Å². The lowest BCUT2D eigenvalue weighted by Gasteiger charge is -2.38. The smallest absolute Gasteiger partial charge is 0.285 e. The van der Waals surface area contributed by atoms with Gasteiger partial charge < -0.3 is 5.73 Å². The van der Waals surface area contributed by atoms with Crippen molar-refractivity contribution in [3.8, 4) is 0 Å². The average Bonchev–Trinajstić information content (AvgIpc) is 2.37. The van der Waals surface area contributed by atoms with Crippen molar-refractivity contribution in [3.63, 3.8) is 0 Å². The van der Waals surface area contributed by atoms with Crippen molar-refractivity contribution < 1.29 is 4.79 Å². The van der Waals surface area contributed by atoms with E-state index in [-0.39, 0.29) is 17.4 Å². The molecule has 1 saturated heterocycles. The quantitative estimate of drug-likeness (QED) is 0.872. The van der Waals surface area contributed by atoms with Gasteiger partial charge in [0.2, 0.25) is 0 Å². The number of carbonyl (C=O) groups excluding carboxylic acids is 1. The van der Waals surface area contributed by atoms with Gasteiger partial charge in [-0.1, -0.05) is 18.0 Å². The normalized spacial score (nSPS) is 24.2. The van der Waals surface area contributed by atoms with Gasteiger partial charge in [-0.3, -0.25) is 10.2 Å². The van der Waals surface area contributed by atoms with Crippen LogP contribution in [0.2, 0.25) is 5.02 Å². The molecule has 0 bridgehead atoms. The van der Waals surface area contributed by atoms with Gasteiger partial charge in [0.25, 0.3) is 5.91 Å². The van der Waals surface area contributed by atoms with Gasteiger partial charge in [0, 0.05) is 12.1 Å². The van der Waals surface area contributed by atoms with E-state index in [9.17, 15) is 4.79 Å². The minimum absolute atomic E-state index is 0.173. The summed E-state index contributed by atoms with van der Waals surface area (Å²) in [5.41, 5.74) is 8.66. The van der Waals surface area contributed by atoms with Gasteiger partial charge in [0.05, 0.1) is 5.02 Å². The Bertz CT molecular complexity index is 470. The number of nitrogen functional groups attached to an aromatic ring is 1. The molecular formula is C13H19ClN4O. The summed E-state index contributed by atoms with van der Waals surface area (Å²) in [6, 6.07) is 3.78. The first-order chi connectivity index (χ1) is 8.99. The first-order valence-electron chi connectivity index (χ1n) is 6.50. The zero-order valence-electron chi connectivity index (χ0n) is 11.2. The molecule has 1 amide bonds. The van der Waals surface area contributed by atoms with E-state index in [1.54, 1.807) is 12.1 Å². The van der Waals surface area contributed by atoms with E-state index < -0.39 is 0 Å². The molecule has 104 valence electrons. The first kappa shape index (κ1) is 14.1. The van der Waals surface area contributed by atoms with Gasteiger partial charge in [-0.15, -0.1) is 0 Å². The van der Waals surface area contributed by atoms with Crippen LogP contribution in [0.1, 0.15) is 43.6 Å². The first-order valence-corrected chi connectivity index (χ1v) is 6.88. The minimum atomic E-state index is -0.307. The van der Waals surface area contributed by atoms with E-state index in [1.807, 2.05) is 5.01 Å². The summed E-state index contributed by atoms with van der Waals surface area (Å²) in [7, 11) is 0. The van der Waals surface area contributed by atoms with E-state index in [0.29, 0.717) is 17.1 Å². The number of piperidine rings is 1. The molecule has 6 heteroatoms. The highest BCUT2D eigenvalue weighted by Crippen LogP contribution is 2.21. The summed E-state index contributed by atoms with van der Waals surface area (Å²) < 4.78 is 0. The predicted molar refractivity (Wildman–Crippen MR) is 75.7 cm³/mol. The van der Waals surface area contributed by atoms with Crippen LogP contribution in [0, 0.1) is 0 Å². The zero-order valence-corrected chi connectivity index (χ0v) is 11.9. The third-order valence-corrected chi connectivity index (χ3v) is 3.81. The van der Waals surface area contributed by atoms with E-state index >= 15 is 0 Å². The summed E-state index contributed by atoms with van der Waals surface area (Å²) in [6.07, 6.45) is 3.33. The summed E-state index contributed by atoms with van der Waals surface area (Å²) >= 11 is 5.98. The van der Waals surface area contributed by atoms with Crippen LogP contribution >= 0.6 is 11.6 Å². The number of hydrogen-bond acceptors (Lipinski definition) is 4. The lowest BCUT2D eigenvalue weighted by molar-refractivity contribution is 0.0366. The molecule has 3 N–H and O–H groups in total. The molecule has 0 radical (unpaired) electrons. The van der Waals surface area contributed by atoms with Crippen molar-refractivity contribution in [1.82, 2.24) is 15.4 Å². The number of nitrogens with two attached hydrogens (primary N) is 1. The maximum absolute atomic E-state index is 12.2. The Labute approximate surface area is 118 Å². The molecule has 2 heterocycles. The van der Waals surface area contributed by atoms with Gasteiger partial charge in [-0.2, -0.15) is 0 Å². The van der Waals surface area contributed by atoms with Crippen LogP contribution in [0.15, 0.2) is 12.1 Å². The third kappa shape index (κ3) is 3.16. The summed E-state index contributed by atoms with van der Waals surface area (Å²) in [6.45, 7) is 4.20. The van der Waals surface area contributed by atoms with Crippen molar-refractivity contribution in [2.45, 2.75) is 45.2 Å². The van der Waals surface area contributed by atoms with E-state index in [1.165, 1.54) is 6.42 Å². The highest BCUT2D eigenvalue weighted by Gasteiger charge is 2.27. The number of aromatic nitrogens is 1. The molecule has 19 heavy (non-hydrogen) atoms. The van der Waals surface area contributed by atoms with Crippen molar-refractivity contribution in [1.29, 1.82) is 0 Å². The van der Waals surface area contributed by atoms with Crippen molar-refractivity contribution in [3.05, 3.63) is 22.8 Å². The fourth-order valence-corrected chi connectivity index (χ4v) is 2.62. The summed E-state index contributed by atoms with van der Waals surface area (Å²) in [5, 5.41) is 2.29. The van der Waals surface area contributed by atoms with E-state index in [0.717, 1.165) is 12.8 Å². The maximum Gasteiger partial charge on any atom is 0.285 e. The van der Waals surface area contributed by atoms with Crippen LogP contribution in [0.3, 0.4) is 0 Å². The Balaban J connectivity index is 2.14. The molecule has 2 rings (SSSR count). The number of rotatable bonds is 2. The lowest BCUT2D eigenvalue weighted by atomic mass is 10.00. The number of hydrogen-bond donors (Lipinski definition) is 2. The van der Waals surface area contributed by atoms with Crippen LogP contribution in [-0.2, 0) is 0 Å². The molecule has 2 unspecified atom stereocenters. The van der Waals surface area contributed by atoms with Crippen LogP contribution < -0.4 is 11.2 Å². The van der Waals surface area contributed by atoms with Crippen molar-refractivity contribution in [2.24, 2.45) is 0 Å². The van der Waals surface area contributed by atoms with Crippen LogP contribution in [-0.4, -0.2) is 28.0 Å². The number of pyridine rings is 1. The lowest BCUT2D eigenvalue weighted by Crippen LogP contribution is -2.54. The largest absolute Gasteiger partial charge is 0.384 e. The molecule has 2 atom stereocenters. The number of nitrogens with one attached hydrogen (secondary N) is 1. The molecule has 0 aliphatic carbocycles. The molecular weight excluding hydrogens is 264 g/mol. The number of anilines is 1. The minimum Gasteiger partial charge on any atom is -0.384 e. The SMILES string of the molecule is CC1CCCC(C)N1NC(=O)c1nc(N)ccc1Cl. The molecule has 1 aliphatic heterocycles. The molecule has 1 aromatic heterocycles. The Morgan fingerprint density at radius 1 is 1.42 bits per heavy atom. The molecule has 0 spiro atoms. The molecule has 1 aromatic rings. The number of nitrogens with zero attached hydrogens (tertiary/aromatic N) is 2. The Kier molecular flexibility index (Phi) is 4.27. The van der Waals surface area contributed by atoms with Crippen LogP contribution in [0.5, 0.6) is 0 Å². The van der Waals surface area contributed by atoms with Gasteiger partial charge >= 0.3 is 0 Å². The predicted octanol–water partition coefficient (Wildman–Crippen LogP) is 2.22.